The van der Waals surface area contributed by atoms with Crippen LogP contribution in [0.25, 0.3) is 0 Å². The molecule has 4 aromatic carbocycles. The van der Waals surface area contributed by atoms with Gasteiger partial charge in [0, 0.05) is 24.0 Å². The molecule has 0 bridgehead atoms. The van der Waals surface area contributed by atoms with E-state index in [9.17, 15) is 22.4 Å². The number of rotatable bonds is 13. The van der Waals surface area contributed by atoms with Crippen LogP contribution in [0.1, 0.15) is 36.8 Å². The van der Waals surface area contributed by atoms with Crippen LogP contribution in [0.5, 0.6) is 5.75 Å². The van der Waals surface area contributed by atoms with Crippen molar-refractivity contribution in [1.82, 2.24) is 10.2 Å². The Bertz CT molecular complexity index is 1770. The van der Waals surface area contributed by atoms with Gasteiger partial charge in [-0.15, -0.1) is 0 Å². The molecule has 1 unspecified atom stereocenters. The van der Waals surface area contributed by atoms with E-state index in [0.29, 0.717) is 5.56 Å². The van der Waals surface area contributed by atoms with Crippen LogP contribution in [0.4, 0.5) is 10.1 Å². The van der Waals surface area contributed by atoms with Crippen molar-refractivity contribution in [2.75, 3.05) is 18.0 Å². The van der Waals surface area contributed by atoms with Crippen LogP contribution < -0.4 is 14.4 Å². The number of anilines is 1. The zero-order valence-corrected chi connectivity index (χ0v) is 27.6. The minimum Gasteiger partial charge on any atom is -0.495 e. The van der Waals surface area contributed by atoms with E-state index in [4.69, 9.17) is 16.3 Å². The summed E-state index contributed by atoms with van der Waals surface area (Å²) in [4.78, 5) is 30.0. The normalized spacial score (nSPS) is 13.9. The van der Waals surface area contributed by atoms with Gasteiger partial charge < -0.3 is 15.0 Å². The lowest BCUT2D eigenvalue weighted by Gasteiger charge is -2.34. The van der Waals surface area contributed by atoms with Gasteiger partial charge in [0.15, 0.2) is 0 Å². The third-order valence-electron chi connectivity index (χ3n) is 8.26. The van der Waals surface area contributed by atoms with Crippen LogP contribution in [-0.4, -0.2) is 50.9 Å². The van der Waals surface area contributed by atoms with E-state index >= 15 is 0 Å². The molecule has 2 amide bonds. The SMILES string of the molecule is COc1ccc(Cl)cc1N(CC(=O)N(Cc1ccc(F)cc1)C(Cc1ccccc1)C(=O)NC1CCCC1)S(=O)(=O)c1ccccc1. The summed E-state index contributed by atoms with van der Waals surface area (Å²) in [6.45, 7) is -0.738. The fraction of sp³-hybridized carbons (Fsp3) is 0.278. The summed E-state index contributed by atoms with van der Waals surface area (Å²) in [7, 11) is -2.94. The first-order valence-electron chi connectivity index (χ1n) is 15.5. The molecule has 0 radical (unpaired) electrons. The molecular formula is C36H37ClFN3O5S. The van der Waals surface area contributed by atoms with Crippen LogP contribution in [0.3, 0.4) is 0 Å². The van der Waals surface area contributed by atoms with E-state index in [1.165, 1.54) is 48.4 Å². The Balaban J connectivity index is 1.59. The highest BCUT2D eigenvalue weighted by atomic mass is 35.5. The molecule has 0 aliphatic heterocycles. The molecule has 1 aliphatic rings. The summed E-state index contributed by atoms with van der Waals surface area (Å²) in [5.74, 6) is -1.24. The zero-order chi connectivity index (χ0) is 33.4. The highest BCUT2D eigenvalue weighted by molar-refractivity contribution is 7.92. The minimum absolute atomic E-state index is 0.0192. The smallest absolute Gasteiger partial charge is 0.264 e. The maximum Gasteiger partial charge on any atom is 0.264 e. The number of hydrogen-bond donors (Lipinski definition) is 1. The van der Waals surface area contributed by atoms with Crippen LogP contribution in [0.2, 0.25) is 5.02 Å². The van der Waals surface area contributed by atoms with Crippen molar-refractivity contribution in [1.29, 1.82) is 0 Å². The lowest BCUT2D eigenvalue weighted by Crippen LogP contribution is -2.54. The van der Waals surface area contributed by atoms with E-state index in [2.05, 4.69) is 5.32 Å². The molecule has 1 fully saturated rings. The summed E-state index contributed by atoms with van der Waals surface area (Å²) in [6.07, 6.45) is 3.86. The van der Waals surface area contributed by atoms with Crippen LogP contribution in [0, 0.1) is 5.82 Å². The summed E-state index contributed by atoms with van der Waals surface area (Å²) in [5.41, 5.74) is 1.46. The van der Waals surface area contributed by atoms with Gasteiger partial charge in [-0.25, -0.2) is 12.8 Å². The first-order valence-corrected chi connectivity index (χ1v) is 17.3. The Kier molecular flexibility index (Phi) is 11.2. The minimum atomic E-state index is -4.34. The average Bonchev–Trinajstić information content (AvgIpc) is 3.59. The maximum atomic E-state index is 14.6. The van der Waals surface area contributed by atoms with E-state index in [1.54, 1.807) is 36.4 Å². The number of ether oxygens (including phenoxy) is 1. The van der Waals surface area contributed by atoms with Crippen molar-refractivity contribution in [3.63, 3.8) is 0 Å². The number of carbonyl (C=O) groups excluding carboxylic acids is 2. The summed E-state index contributed by atoms with van der Waals surface area (Å²) in [5, 5.41) is 3.37. The van der Waals surface area contributed by atoms with Crippen molar-refractivity contribution < 1.29 is 27.1 Å². The van der Waals surface area contributed by atoms with E-state index in [0.717, 1.165) is 35.6 Å². The third-order valence-corrected chi connectivity index (χ3v) is 10.3. The van der Waals surface area contributed by atoms with Gasteiger partial charge in [0.1, 0.15) is 24.2 Å². The molecule has 1 N–H and O–H groups in total. The van der Waals surface area contributed by atoms with Crippen LogP contribution in [-0.2, 0) is 32.6 Å². The molecule has 11 heteroatoms. The van der Waals surface area contributed by atoms with Gasteiger partial charge in [-0.2, -0.15) is 0 Å². The van der Waals surface area contributed by atoms with Gasteiger partial charge >= 0.3 is 0 Å². The Morgan fingerprint density at radius 2 is 1.55 bits per heavy atom. The number of methoxy groups -OCH3 is 1. The van der Waals surface area contributed by atoms with Gasteiger partial charge in [-0.1, -0.05) is 85.1 Å². The number of hydrogen-bond acceptors (Lipinski definition) is 5. The zero-order valence-electron chi connectivity index (χ0n) is 26.0. The number of benzene rings is 4. The summed E-state index contributed by atoms with van der Waals surface area (Å²) < 4.78 is 48.8. The fourth-order valence-electron chi connectivity index (χ4n) is 5.80. The lowest BCUT2D eigenvalue weighted by molar-refractivity contribution is -0.140. The van der Waals surface area contributed by atoms with E-state index in [-0.39, 0.29) is 46.3 Å². The highest BCUT2D eigenvalue weighted by Crippen LogP contribution is 2.35. The van der Waals surface area contributed by atoms with Gasteiger partial charge in [0.25, 0.3) is 10.0 Å². The largest absolute Gasteiger partial charge is 0.495 e. The predicted octanol–water partition coefficient (Wildman–Crippen LogP) is 6.38. The lowest BCUT2D eigenvalue weighted by atomic mass is 10.0. The maximum absolute atomic E-state index is 14.6. The second-order valence-electron chi connectivity index (χ2n) is 11.5. The molecular weight excluding hydrogens is 641 g/mol. The van der Waals surface area contributed by atoms with Crippen LogP contribution in [0.15, 0.2) is 108 Å². The first kappa shape index (κ1) is 33.9. The van der Waals surface area contributed by atoms with Crippen molar-refractivity contribution in [3.8, 4) is 5.75 Å². The van der Waals surface area contributed by atoms with Crippen molar-refractivity contribution in [2.24, 2.45) is 0 Å². The number of amides is 2. The highest BCUT2D eigenvalue weighted by Gasteiger charge is 2.36. The van der Waals surface area contributed by atoms with E-state index < -0.39 is 34.3 Å². The molecule has 0 saturated heterocycles. The molecule has 47 heavy (non-hydrogen) atoms. The molecule has 1 aliphatic carbocycles. The fourth-order valence-corrected chi connectivity index (χ4v) is 7.40. The van der Waals surface area contributed by atoms with Gasteiger partial charge in [0.2, 0.25) is 11.8 Å². The Hall–Kier alpha value is -4.41. The number of nitrogens with zero attached hydrogens (tertiary/aromatic N) is 2. The molecule has 1 saturated carbocycles. The predicted molar refractivity (Wildman–Crippen MR) is 180 cm³/mol. The Morgan fingerprint density at radius 1 is 0.915 bits per heavy atom. The van der Waals surface area contributed by atoms with Gasteiger partial charge in [-0.05, 0) is 66.4 Å². The van der Waals surface area contributed by atoms with Crippen molar-refractivity contribution in [3.05, 3.63) is 125 Å². The quantitative estimate of drug-likeness (QED) is 0.177. The molecule has 0 heterocycles. The average molecular weight is 678 g/mol. The second kappa shape index (κ2) is 15.5. The van der Waals surface area contributed by atoms with Crippen molar-refractivity contribution >= 4 is 39.1 Å². The summed E-state index contributed by atoms with van der Waals surface area (Å²) >= 11 is 6.34. The Labute approximate surface area is 280 Å². The molecule has 1 atom stereocenters. The molecule has 0 aromatic heterocycles. The molecule has 0 spiro atoms. The molecule has 246 valence electrons. The molecule has 8 nitrogen and oxygen atoms in total. The Morgan fingerprint density at radius 3 is 2.19 bits per heavy atom. The van der Waals surface area contributed by atoms with E-state index in [1.807, 2.05) is 30.3 Å². The molecule has 4 aromatic rings. The topological polar surface area (TPSA) is 96.0 Å². The summed E-state index contributed by atoms with van der Waals surface area (Å²) in [6, 6.07) is 26.2. The van der Waals surface area contributed by atoms with Crippen LogP contribution >= 0.6 is 11.6 Å². The second-order valence-corrected chi connectivity index (χ2v) is 13.8. The first-order chi connectivity index (χ1) is 22.7. The third kappa shape index (κ3) is 8.50. The van der Waals surface area contributed by atoms with Gasteiger partial charge in [-0.3, -0.25) is 13.9 Å². The standard InChI is InChI=1S/C36H37ClFN3O5S/c1-46-34-21-18-28(37)23-32(34)41(47(44,45)31-14-6-3-7-15-31)25-35(42)40(24-27-16-19-29(38)20-17-27)33(22-26-10-4-2-5-11-26)36(43)39-30-12-8-9-13-30/h2-7,10-11,14-21,23,30,33H,8-9,12-13,22,24-25H2,1H3,(H,39,43). The number of sulfonamides is 1. The number of nitrogens with one attached hydrogen (secondary N) is 1. The molecule has 5 rings (SSSR count). The number of halogens is 2. The number of carbonyl (C=O) groups is 2. The van der Waals surface area contributed by atoms with Crippen molar-refractivity contribution in [2.45, 2.75) is 55.6 Å². The monoisotopic (exact) mass is 677 g/mol. The van der Waals surface area contributed by atoms with Gasteiger partial charge in [0.05, 0.1) is 17.7 Å².